The summed E-state index contributed by atoms with van der Waals surface area (Å²) < 4.78 is 5.98. The topological polar surface area (TPSA) is 21.7 Å². The van der Waals surface area contributed by atoms with Gasteiger partial charge in [0.2, 0.25) is 0 Å². The minimum Gasteiger partial charge on any atom is -0.368 e. The summed E-state index contributed by atoms with van der Waals surface area (Å²) in [5.41, 5.74) is 0.00579. The number of hydroxylamine groups is 2. The van der Waals surface area contributed by atoms with E-state index in [9.17, 15) is 0 Å². The summed E-state index contributed by atoms with van der Waals surface area (Å²) in [6.07, 6.45) is 1.63. The molecule has 0 amide bonds. The molecule has 2 bridgehead atoms. The molecule has 2 aliphatic heterocycles. The average molecular weight is 185 g/mol. The monoisotopic (exact) mass is 185 g/mol. The molecule has 13 heavy (non-hydrogen) atoms. The van der Waals surface area contributed by atoms with Gasteiger partial charge in [-0.25, -0.2) is 0 Å². The van der Waals surface area contributed by atoms with E-state index in [1.54, 1.807) is 0 Å². The Morgan fingerprint density at radius 3 is 2.77 bits per heavy atom. The van der Waals surface area contributed by atoms with Gasteiger partial charge in [0, 0.05) is 13.0 Å². The van der Waals surface area contributed by atoms with Crippen molar-refractivity contribution in [3.8, 4) is 0 Å². The molecule has 0 saturated carbocycles. The first kappa shape index (κ1) is 9.44. The summed E-state index contributed by atoms with van der Waals surface area (Å²) in [4.78, 5) is 5.77. The predicted octanol–water partition coefficient (Wildman–Crippen LogP) is 1.44. The van der Waals surface area contributed by atoms with Gasteiger partial charge in [-0.3, -0.25) is 4.84 Å². The second kappa shape index (κ2) is 2.94. The molecule has 0 N–H and O–H groups in total. The first-order valence-corrected chi connectivity index (χ1v) is 5.12. The highest BCUT2D eigenvalue weighted by atomic mass is 16.7. The maximum atomic E-state index is 5.98. The zero-order chi connectivity index (χ0) is 9.64. The summed E-state index contributed by atoms with van der Waals surface area (Å²) in [5.74, 6) is 0.554. The van der Waals surface area contributed by atoms with Crippen LogP contribution in [0.25, 0.3) is 0 Å². The van der Waals surface area contributed by atoms with E-state index in [0.717, 1.165) is 13.0 Å². The molecule has 2 fully saturated rings. The Kier molecular flexibility index (Phi) is 2.13. The molecule has 2 rings (SSSR count). The zero-order valence-corrected chi connectivity index (χ0v) is 8.91. The minimum absolute atomic E-state index is 0.00579. The van der Waals surface area contributed by atoms with Gasteiger partial charge in [-0.15, -0.1) is 0 Å². The standard InChI is InChI=1S/C10H19NO2/c1-5-8-9-7(2)12-10(8,3)6-11(4)13-9/h7-9H,5-6H2,1-4H3/t7-,8+,9?,10-/m0/s1. The van der Waals surface area contributed by atoms with Gasteiger partial charge in [0.15, 0.2) is 0 Å². The van der Waals surface area contributed by atoms with Gasteiger partial charge in [-0.1, -0.05) is 6.92 Å². The van der Waals surface area contributed by atoms with E-state index in [1.807, 2.05) is 12.1 Å². The van der Waals surface area contributed by atoms with Gasteiger partial charge in [-0.2, -0.15) is 5.06 Å². The van der Waals surface area contributed by atoms with Crippen LogP contribution < -0.4 is 0 Å². The third kappa shape index (κ3) is 1.30. The van der Waals surface area contributed by atoms with Crippen molar-refractivity contribution in [1.82, 2.24) is 5.06 Å². The molecule has 3 nitrogen and oxygen atoms in total. The van der Waals surface area contributed by atoms with Crippen molar-refractivity contribution < 1.29 is 9.57 Å². The van der Waals surface area contributed by atoms with Gasteiger partial charge >= 0.3 is 0 Å². The summed E-state index contributed by atoms with van der Waals surface area (Å²) >= 11 is 0. The number of nitrogens with zero attached hydrogens (tertiary/aromatic N) is 1. The van der Waals surface area contributed by atoms with E-state index in [2.05, 4.69) is 20.8 Å². The second-order valence-electron chi connectivity index (χ2n) is 4.51. The number of rotatable bonds is 1. The molecule has 1 unspecified atom stereocenters. The van der Waals surface area contributed by atoms with Crippen LogP contribution >= 0.6 is 0 Å². The van der Waals surface area contributed by atoms with E-state index in [0.29, 0.717) is 5.92 Å². The number of ether oxygens (including phenoxy) is 1. The zero-order valence-electron chi connectivity index (χ0n) is 8.91. The van der Waals surface area contributed by atoms with Crippen molar-refractivity contribution in [2.45, 2.75) is 45.0 Å². The van der Waals surface area contributed by atoms with Crippen molar-refractivity contribution in [3.05, 3.63) is 0 Å². The second-order valence-corrected chi connectivity index (χ2v) is 4.51. The molecule has 0 aromatic rings. The number of likely N-dealkylation sites (N-methyl/N-ethyl adjacent to an activating group) is 1. The summed E-state index contributed by atoms with van der Waals surface area (Å²) in [5, 5.41) is 1.92. The average Bonchev–Trinajstić information content (AvgIpc) is 2.15. The molecule has 3 heteroatoms. The maximum Gasteiger partial charge on any atom is 0.111 e. The molecule has 2 saturated heterocycles. The van der Waals surface area contributed by atoms with Crippen LogP contribution in [-0.4, -0.2) is 36.5 Å². The number of hydrogen-bond donors (Lipinski definition) is 0. The molecule has 0 spiro atoms. The van der Waals surface area contributed by atoms with Crippen LogP contribution in [0.15, 0.2) is 0 Å². The molecule has 0 radical (unpaired) electrons. The van der Waals surface area contributed by atoms with Crippen molar-refractivity contribution in [2.24, 2.45) is 5.92 Å². The molecule has 4 atom stereocenters. The Hall–Kier alpha value is -0.120. The minimum atomic E-state index is 0.00579. The molecular weight excluding hydrogens is 166 g/mol. The van der Waals surface area contributed by atoms with Crippen LogP contribution in [-0.2, 0) is 9.57 Å². The van der Waals surface area contributed by atoms with Crippen LogP contribution in [0.5, 0.6) is 0 Å². The van der Waals surface area contributed by atoms with Crippen LogP contribution in [0.2, 0.25) is 0 Å². The summed E-state index contributed by atoms with van der Waals surface area (Å²) in [7, 11) is 1.98. The van der Waals surface area contributed by atoms with Crippen molar-refractivity contribution in [2.75, 3.05) is 13.6 Å². The molecule has 2 heterocycles. The van der Waals surface area contributed by atoms with Crippen molar-refractivity contribution >= 4 is 0 Å². The fourth-order valence-corrected chi connectivity index (χ4v) is 2.92. The van der Waals surface area contributed by atoms with E-state index in [-0.39, 0.29) is 17.8 Å². The van der Waals surface area contributed by atoms with E-state index in [4.69, 9.17) is 9.57 Å². The first-order chi connectivity index (χ1) is 6.07. The van der Waals surface area contributed by atoms with Crippen molar-refractivity contribution in [1.29, 1.82) is 0 Å². The molecule has 0 aromatic heterocycles. The van der Waals surface area contributed by atoms with Crippen LogP contribution in [0.4, 0.5) is 0 Å². The fraction of sp³-hybridized carbons (Fsp3) is 1.00. The van der Waals surface area contributed by atoms with E-state index >= 15 is 0 Å². The normalized spacial score (nSPS) is 51.2. The smallest absolute Gasteiger partial charge is 0.111 e. The molecule has 2 aliphatic rings. The third-order valence-electron chi connectivity index (χ3n) is 3.38. The predicted molar refractivity (Wildman–Crippen MR) is 50.2 cm³/mol. The molecule has 76 valence electrons. The SMILES string of the molecule is CC[C@@H]1C2ON(C)C[C@]1(C)O[C@H]2C. The lowest BCUT2D eigenvalue weighted by molar-refractivity contribution is -0.232. The lowest BCUT2D eigenvalue weighted by Gasteiger charge is -2.40. The lowest BCUT2D eigenvalue weighted by atomic mass is 9.83. The summed E-state index contributed by atoms with van der Waals surface area (Å²) in [6.45, 7) is 7.41. The van der Waals surface area contributed by atoms with Gasteiger partial charge < -0.3 is 4.74 Å². The van der Waals surface area contributed by atoms with Gasteiger partial charge in [0.05, 0.1) is 18.2 Å². The maximum absolute atomic E-state index is 5.98. The van der Waals surface area contributed by atoms with E-state index in [1.165, 1.54) is 0 Å². The number of hydrogen-bond acceptors (Lipinski definition) is 3. The third-order valence-corrected chi connectivity index (χ3v) is 3.38. The van der Waals surface area contributed by atoms with Gasteiger partial charge in [-0.05, 0) is 20.3 Å². The Morgan fingerprint density at radius 1 is 1.54 bits per heavy atom. The molecular formula is C10H19NO2. The quantitative estimate of drug-likeness (QED) is 0.617. The van der Waals surface area contributed by atoms with Crippen molar-refractivity contribution in [3.63, 3.8) is 0 Å². The van der Waals surface area contributed by atoms with Gasteiger partial charge in [0.25, 0.3) is 0 Å². The Labute approximate surface area is 80.0 Å². The Bertz CT molecular complexity index is 205. The van der Waals surface area contributed by atoms with Crippen LogP contribution in [0, 0.1) is 5.92 Å². The van der Waals surface area contributed by atoms with Gasteiger partial charge in [0.1, 0.15) is 6.10 Å². The Balaban J connectivity index is 2.24. The lowest BCUT2D eigenvalue weighted by Crippen LogP contribution is -2.51. The largest absolute Gasteiger partial charge is 0.368 e. The fourth-order valence-electron chi connectivity index (χ4n) is 2.92. The highest BCUT2D eigenvalue weighted by Gasteiger charge is 2.54. The van der Waals surface area contributed by atoms with Crippen LogP contribution in [0.1, 0.15) is 27.2 Å². The highest BCUT2D eigenvalue weighted by Crippen LogP contribution is 2.43. The van der Waals surface area contributed by atoms with E-state index < -0.39 is 0 Å². The first-order valence-electron chi connectivity index (χ1n) is 5.12. The molecule has 0 aromatic carbocycles. The molecule has 0 aliphatic carbocycles. The van der Waals surface area contributed by atoms with Crippen LogP contribution in [0.3, 0.4) is 0 Å². The Morgan fingerprint density at radius 2 is 2.23 bits per heavy atom. The number of fused-ring (bicyclic) bond motifs is 2. The summed E-state index contributed by atoms with van der Waals surface area (Å²) in [6, 6.07) is 0. The highest BCUT2D eigenvalue weighted by molar-refractivity contribution is 5.00.